The van der Waals surface area contributed by atoms with Crippen molar-refractivity contribution in [3.05, 3.63) is 35.4 Å². The maximum atomic E-state index is 12.4. The summed E-state index contributed by atoms with van der Waals surface area (Å²) in [5.41, 5.74) is 2.26. The van der Waals surface area contributed by atoms with E-state index < -0.39 is 0 Å². The molecule has 0 unspecified atom stereocenters. The third-order valence-electron chi connectivity index (χ3n) is 4.77. The molecule has 1 fully saturated rings. The predicted octanol–water partition coefficient (Wildman–Crippen LogP) is 3.08. The lowest BCUT2D eigenvalue weighted by Gasteiger charge is -2.31. The van der Waals surface area contributed by atoms with Crippen LogP contribution in [0.1, 0.15) is 50.2 Å². The van der Waals surface area contributed by atoms with E-state index in [4.69, 9.17) is 0 Å². The Kier molecular flexibility index (Phi) is 7.29. The number of carbonyl (C=O) groups is 2. The van der Waals surface area contributed by atoms with Crippen molar-refractivity contribution >= 4 is 11.8 Å². The summed E-state index contributed by atoms with van der Waals surface area (Å²) < 4.78 is 0. The van der Waals surface area contributed by atoms with Gasteiger partial charge in [0.25, 0.3) is 0 Å². The Morgan fingerprint density at radius 2 is 1.79 bits per heavy atom. The third-order valence-corrected chi connectivity index (χ3v) is 4.77. The first-order chi connectivity index (χ1) is 11.6. The van der Waals surface area contributed by atoms with E-state index in [0.717, 1.165) is 44.2 Å². The molecule has 4 heteroatoms. The Labute approximate surface area is 145 Å². The Morgan fingerprint density at radius 3 is 2.42 bits per heavy atom. The van der Waals surface area contributed by atoms with Crippen LogP contribution in [0.4, 0.5) is 0 Å². The quantitative estimate of drug-likeness (QED) is 0.781. The predicted molar refractivity (Wildman–Crippen MR) is 96.7 cm³/mol. The van der Waals surface area contributed by atoms with Gasteiger partial charge in [0.1, 0.15) is 0 Å². The van der Waals surface area contributed by atoms with E-state index in [1.54, 1.807) is 0 Å². The number of benzene rings is 1. The topological polar surface area (TPSA) is 49.4 Å². The largest absolute Gasteiger partial charge is 0.356 e. The van der Waals surface area contributed by atoms with Gasteiger partial charge >= 0.3 is 0 Å². The lowest BCUT2D eigenvalue weighted by atomic mass is 9.95. The highest BCUT2D eigenvalue weighted by atomic mass is 16.2. The highest BCUT2D eigenvalue weighted by Crippen LogP contribution is 2.18. The minimum absolute atomic E-state index is 0.0649. The molecule has 0 aromatic heterocycles. The van der Waals surface area contributed by atoms with Crippen molar-refractivity contribution in [1.29, 1.82) is 0 Å². The first-order valence-electron chi connectivity index (χ1n) is 9.21. The van der Waals surface area contributed by atoms with E-state index in [1.165, 1.54) is 5.56 Å². The van der Waals surface area contributed by atoms with Gasteiger partial charge in [-0.25, -0.2) is 0 Å². The first-order valence-corrected chi connectivity index (χ1v) is 9.21. The van der Waals surface area contributed by atoms with Crippen LogP contribution in [0.15, 0.2) is 24.3 Å². The lowest BCUT2D eigenvalue weighted by molar-refractivity contribution is -0.135. The molecule has 0 aliphatic carbocycles. The molecule has 1 aromatic rings. The number of nitrogens with one attached hydrogen (secondary N) is 1. The number of nitrogens with zero attached hydrogens (tertiary/aromatic N) is 1. The van der Waals surface area contributed by atoms with E-state index in [1.807, 2.05) is 36.1 Å². The molecule has 2 amide bonds. The average Bonchev–Trinajstić information content (AvgIpc) is 2.60. The summed E-state index contributed by atoms with van der Waals surface area (Å²) >= 11 is 0. The maximum absolute atomic E-state index is 12.4. The summed E-state index contributed by atoms with van der Waals surface area (Å²) in [5, 5.41) is 3.03. The fourth-order valence-corrected chi connectivity index (χ4v) is 3.11. The number of carbonyl (C=O) groups excluding carboxylic acids is 2. The molecule has 0 atom stereocenters. The molecular formula is C20H30N2O2. The summed E-state index contributed by atoms with van der Waals surface area (Å²) in [6.07, 6.45) is 5.38. The number of likely N-dealkylation sites (tertiary alicyclic amines) is 1. The van der Waals surface area contributed by atoms with E-state index >= 15 is 0 Å². The van der Waals surface area contributed by atoms with Crippen LogP contribution in [-0.4, -0.2) is 36.3 Å². The van der Waals surface area contributed by atoms with Gasteiger partial charge in [-0.3, -0.25) is 9.59 Å². The van der Waals surface area contributed by atoms with Gasteiger partial charge in [0.2, 0.25) is 11.8 Å². The number of unbranched alkanes of at least 4 members (excludes halogenated alkanes) is 2. The molecule has 0 saturated carbocycles. The summed E-state index contributed by atoms with van der Waals surface area (Å²) in [6, 6.07) is 8.11. The summed E-state index contributed by atoms with van der Waals surface area (Å²) in [7, 11) is 0. The van der Waals surface area contributed by atoms with Crippen molar-refractivity contribution < 1.29 is 9.59 Å². The fraction of sp³-hybridized carbons (Fsp3) is 0.600. The van der Waals surface area contributed by atoms with Crippen molar-refractivity contribution in [3.63, 3.8) is 0 Å². The van der Waals surface area contributed by atoms with Crippen LogP contribution in [0.2, 0.25) is 0 Å². The van der Waals surface area contributed by atoms with Gasteiger partial charge in [0.05, 0.1) is 6.42 Å². The minimum Gasteiger partial charge on any atom is -0.356 e. The average molecular weight is 330 g/mol. The van der Waals surface area contributed by atoms with Crippen molar-refractivity contribution in [1.82, 2.24) is 10.2 Å². The number of hydrogen-bond acceptors (Lipinski definition) is 2. The van der Waals surface area contributed by atoms with E-state index in [-0.39, 0.29) is 17.7 Å². The molecule has 1 N–H and O–H groups in total. The Hall–Kier alpha value is -1.84. The molecule has 2 rings (SSSR count). The molecule has 1 aliphatic rings. The maximum Gasteiger partial charge on any atom is 0.226 e. The minimum atomic E-state index is 0.0649. The number of amides is 2. The molecule has 1 aromatic carbocycles. The second kappa shape index (κ2) is 9.45. The van der Waals surface area contributed by atoms with Crippen molar-refractivity contribution in [2.75, 3.05) is 19.6 Å². The van der Waals surface area contributed by atoms with Crippen LogP contribution in [-0.2, 0) is 16.0 Å². The summed E-state index contributed by atoms with van der Waals surface area (Å²) in [6.45, 7) is 6.36. The van der Waals surface area contributed by atoms with Gasteiger partial charge in [0, 0.05) is 25.6 Å². The number of rotatable bonds is 7. The molecule has 1 aliphatic heterocycles. The second-order valence-electron chi connectivity index (χ2n) is 6.82. The van der Waals surface area contributed by atoms with Crippen LogP contribution in [0.3, 0.4) is 0 Å². The zero-order valence-corrected chi connectivity index (χ0v) is 15.0. The molecule has 24 heavy (non-hydrogen) atoms. The van der Waals surface area contributed by atoms with Gasteiger partial charge in [-0.15, -0.1) is 0 Å². The van der Waals surface area contributed by atoms with Crippen molar-refractivity contribution in [3.8, 4) is 0 Å². The summed E-state index contributed by atoms with van der Waals surface area (Å²) in [5.74, 6) is 0.396. The van der Waals surface area contributed by atoms with Crippen LogP contribution in [0.25, 0.3) is 0 Å². The Bertz CT molecular complexity index is 531. The first kappa shape index (κ1) is 18.5. The van der Waals surface area contributed by atoms with Crippen molar-refractivity contribution in [2.45, 2.75) is 52.4 Å². The van der Waals surface area contributed by atoms with E-state index in [0.29, 0.717) is 19.5 Å². The van der Waals surface area contributed by atoms with Crippen molar-refractivity contribution in [2.24, 2.45) is 5.92 Å². The third kappa shape index (κ3) is 5.66. The Balaban J connectivity index is 1.72. The molecule has 0 radical (unpaired) electrons. The smallest absolute Gasteiger partial charge is 0.226 e. The SMILES string of the molecule is CCCCCNC(=O)C1CCN(C(=O)Cc2ccc(C)cc2)CC1. The monoisotopic (exact) mass is 330 g/mol. The molecular weight excluding hydrogens is 300 g/mol. The highest BCUT2D eigenvalue weighted by molar-refractivity contribution is 5.81. The lowest BCUT2D eigenvalue weighted by Crippen LogP contribution is -2.43. The molecule has 0 spiro atoms. The Morgan fingerprint density at radius 1 is 1.12 bits per heavy atom. The standard InChI is InChI=1S/C20H30N2O2/c1-3-4-5-12-21-20(24)18-10-13-22(14-11-18)19(23)15-17-8-6-16(2)7-9-17/h6-9,18H,3-5,10-15H2,1-2H3,(H,21,24). The molecule has 132 valence electrons. The molecule has 1 saturated heterocycles. The van der Waals surface area contributed by atoms with E-state index in [9.17, 15) is 9.59 Å². The second-order valence-corrected chi connectivity index (χ2v) is 6.82. The van der Waals surface area contributed by atoms with Crippen LogP contribution in [0.5, 0.6) is 0 Å². The molecule has 4 nitrogen and oxygen atoms in total. The molecule has 1 heterocycles. The fourth-order valence-electron chi connectivity index (χ4n) is 3.11. The zero-order valence-electron chi connectivity index (χ0n) is 15.0. The number of hydrogen-bond donors (Lipinski definition) is 1. The van der Waals surface area contributed by atoms with E-state index in [2.05, 4.69) is 12.2 Å². The highest BCUT2D eigenvalue weighted by Gasteiger charge is 2.26. The van der Waals surface area contributed by atoms with Crippen LogP contribution in [0, 0.1) is 12.8 Å². The van der Waals surface area contributed by atoms with Gasteiger partial charge in [-0.1, -0.05) is 49.6 Å². The van der Waals surface area contributed by atoms with Gasteiger partial charge in [-0.05, 0) is 31.7 Å². The van der Waals surface area contributed by atoms with Crippen LogP contribution < -0.4 is 5.32 Å². The van der Waals surface area contributed by atoms with Gasteiger partial charge < -0.3 is 10.2 Å². The van der Waals surface area contributed by atoms with Gasteiger partial charge in [-0.2, -0.15) is 0 Å². The zero-order chi connectivity index (χ0) is 17.4. The summed E-state index contributed by atoms with van der Waals surface area (Å²) in [4.78, 5) is 26.4. The number of piperidine rings is 1. The molecule has 0 bridgehead atoms. The normalized spacial score (nSPS) is 15.3. The number of aryl methyl sites for hydroxylation is 1. The van der Waals surface area contributed by atoms with Gasteiger partial charge in [0.15, 0.2) is 0 Å². The van der Waals surface area contributed by atoms with Crippen LogP contribution >= 0.6 is 0 Å².